The summed E-state index contributed by atoms with van der Waals surface area (Å²) in [6, 6.07) is 23.0. The van der Waals surface area contributed by atoms with E-state index < -0.39 is 28.5 Å². The highest BCUT2D eigenvalue weighted by molar-refractivity contribution is 14.1. The smallest absolute Gasteiger partial charge is 0.244 e. The van der Waals surface area contributed by atoms with Crippen molar-refractivity contribution < 1.29 is 18.0 Å². The van der Waals surface area contributed by atoms with Crippen LogP contribution in [0.3, 0.4) is 0 Å². The number of nitrogens with one attached hydrogen (secondary N) is 1. The Bertz CT molecular complexity index is 1350. The SMILES string of the molecule is CC[C@H](C)NC(=O)[C@H](Cc1ccccc1)N(Cc1ccc(Br)cc1)C(=O)CN(c1ccc(I)cc1)S(C)(=O)=O. The molecule has 0 aliphatic rings. The lowest BCUT2D eigenvalue weighted by atomic mass is 10.0. The van der Waals surface area contributed by atoms with E-state index in [2.05, 4.69) is 43.8 Å². The van der Waals surface area contributed by atoms with Crippen molar-refractivity contribution in [3.8, 4) is 0 Å². The maximum atomic E-state index is 14.0. The standard InChI is InChI=1S/C29H33BrIN3O4S/c1-4-21(2)32-29(36)27(18-22-8-6-5-7-9-22)33(19-23-10-12-24(30)13-11-23)28(35)20-34(39(3,37)38)26-16-14-25(31)15-17-26/h5-17,21,27H,4,18-20H2,1-3H3,(H,32,36)/t21-,27-/m0/s1. The van der Waals surface area contributed by atoms with Crippen molar-refractivity contribution in [3.05, 3.63) is 98.0 Å². The first-order valence-corrected chi connectivity index (χ1v) is 16.3. The predicted molar refractivity (Wildman–Crippen MR) is 168 cm³/mol. The van der Waals surface area contributed by atoms with Gasteiger partial charge >= 0.3 is 0 Å². The van der Waals surface area contributed by atoms with Gasteiger partial charge in [0.1, 0.15) is 12.6 Å². The minimum Gasteiger partial charge on any atom is -0.352 e. The zero-order valence-corrected chi connectivity index (χ0v) is 26.7. The van der Waals surface area contributed by atoms with E-state index in [1.165, 1.54) is 4.90 Å². The fourth-order valence-electron chi connectivity index (χ4n) is 4.00. The average Bonchev–Trinajstić information content (AvgIpc) is 2.90. The van der Waals surface area contributed by atoms with E-state index >= 15 is 0 Å². The lowest BCUT2D eigenvalue weighted by molar-refractivity contribution is -0.140. The van der Waals surface area contributed by atoms with Gasteiger partial charge in [-0.25, -0.2) is 8.42 Å². The van der Waals surface area contributed by atoms with E-state index in [0.717, 1.165) is 36.2 Å². The highest BCUT2D eigenvalue weighted by Crippen LogP contribution is 2.22. The Morgan fingerprint density at radius 1 is 0.949 bits per heavy atom. The Labute approximate surface area is 253 Å². The molecule has 0 radical (unpaired) electrons. The van der Waals surface area contributed by atoms with Crippen molar-refractivity contribution in [3.63, 3.8) is 0 Å². The minimum absolute atomic E-state index is 0.0836. The Hall–Kier alpha value is -2.44. The van der Waals surface area contributed by atoms with Gasteiger partial charge in [0.05, 0.1) is 11.9 Å². The maximum absolute atomic E-state index is 14.0. The van der Waals surface area contributed by atoms with Gasteiger partial charge in [0.2, 0.25) is 21.8 Å². The highest BCUT2D eigenvalue weighted by Gasteiger charge is 2.33. The van der Waals surface area contributed by atoms with Crippen molar-refractivity contribution in [2.45, 2.75) is 45.3 Å². The van der Waals surface area contributed by atoms with Gasteiger partial charge in [-0.1, -0.05) is 65.3 Å². The molecule has 1 N–H and O–H groups in total. The topological polar surface area (TPSA) is 86.8 Å². The van der Waals surface area contributed by atoms with Crippen LogP contribution < -0.4 is 9.62 Å². The third-order valence-electron chi connectivity index (χ3n) is 6.33. The van der Waals surface area contributed by atoms with Crippen LogP contribution in [0.25, 0.3) is 0 Å². The number of nitrogens with zero attached hydrogens (tertiary/aromatic N) is 2. The molecule has 0 aliphatic carbocycles. The summed E-state index contributed by atoms with van der Waals surface area (Å²) in [4.78, 5) is 29.2. The minimum atomic E-state index is -3.79. The monoisotopic (exact) mass is 725 g/mol. The number of rotatable bonds is 12. The molecule has 0 unspecified atom stereocenters. The Kier molecular flexibility index (Phi) is 11.4. The quantitative estimate of drug-likeness (QED) is 0.255. The molecule has 0 heterocycles. The zero-order valence-electron chi connectivity index (χ0n) is 22.2. The molecule has 0 fully saturated rings. The molecule has 0 aliphatic heterocycles. The summed E-state index contributed by atoms with van der Waals surface area (Å²) in [5, 5.41) is 3.03. The molecule has 3 aromatic carbocycles. The van der Waals surface area contributed by atoms with E-state index in [-0.39, 0.29) is 24.9 Å². The normalized spacial score (nSPS) is 12.8. The predicted octanol–water partition coefficient (Wildman–Crippen LogP) is 5.37. The van der Waals surface area contributed by atoms with Crippen LogP contribution in [0.1, 0.15) is 31.4 Å². The van der Waals surface area contributed by atoms with Gasteiger partial charge in [0.15, 0.2) is 0 Å². The molecule has 0 aromatic heterocycles. The van der Waals surface area contributed by atoms with Gasteiger partial charge in [-0.2, -0.15) is 0 Å². The van der Waals surface area contributed by atoms with Crippen molar-refractivity contribution >= 4 is 66.0 Å². The van der Waals surface area contributed by atoms with Crippen LogP contribution in [0.2, 0.25) is 0 Å². The van der Waals surface area contributed by atoms with Gasteiger partial charge in [-0.3, -0.25) is 13.9 Å². The van der Waals surface area contributed by atoms with Crippen molar-refractivity contribution in [1.29, 1.82) is 0 Å². The summed E-state index contributed by atoms with van der Waals surface area (Å²) >= 11 is 5.58. The van der Waals surface area contributed by atoms with Crippen LogP contribution in [-0.2, 0) is 32.6 Å². The summed E-state index contributed by atoms with van der Waals surface area (Å²) in [6.45, 7) is 3.60. The third-order valence-corrected chi connectivity index (χ3v) is 8.72. The first-order chi connectivity index (χ1) is 18.5. The third kappa shape index (κ3) is 9.32. The van der Waals surface area contributed by atoms with Crippen molar-refractivity contribution in [1.82, 2.24) is 10.2 Å². The second-order valence-corrected chi connectivity index (χ2v) is 13.5. The van der Waals surface area contributed by atoms with Gasteiger partial charge < -0.3 is 10.2 Å². The number of amides is 2. The number of carbonyl (C=O) groups excluding carboxylic acids is 2. The summed E-state index contributed by atoms with van der Waals surface area (Å²) in [7, 11) is -3.79. The lowest BCUT2D eigenvalue weighted by Crippen LogP contribution is -2.54. The first-order valence-electron chi connectivity index (χ1n) is 12.6. The van der Waals surface area contributed by atoms with Gasteiger partial charge in [0.25, 0.3) is 0 Å². The molecular formula is C29H33BrIN3O4S. The molecule has 39 heavy (non-hydrogen) atoms. The molecule has 0 saturated carbocycles. The average molecular weight is 726 g/mol. The lowest BCUT2D eigenvalue weighted by Gasteiger charge is -2.34. The van der Waals surface area contributed by atoms with Crippen LogP contribution >= 0.6 is 38.5 Å². The van der Waals surface area contributed by atoms with Crippen LogP contribution in [0.5, 0.6) is 0 Å². The van der Waals surface area contributed by atoms with Gasteiger partial charge in [-0.05, 0) is 83.5 Å². The Morgan fingerprint density at radius 3 is 2.13 bits per heavy atom. The molecule has 0 bridgehead atoms. The van der Waals surface area contributed by atoms with E-state index in [0.29, 0.717) is 5.69 Å². The molecule has 0 spiro atoms. The molecule has 10 heteroatoms. The fourth-order valence-corrected chi connectivity index (χ4v) is 5.48. The number of anilines is 1. The number of benzene rings is 3. The van der Waals surface area contributed by atoms with E-state index in [4.69, 9.17) is 0 Å². The largest absolute Gasteiger partial charge is 0.352 e. The van der Waals surface area contributed by atoms with Crippen LogP contribution in [-0.4, -0.2) is 50.0 Å². The number of hydrogen-bond acceptors (Lipinski definition) is 4. The van der Waals surface area contributed by atoms with Crippen LogP contribution in [0.15, 0.2) is 83.3 Å². The van der Waals surface area contributed by atoms with Crippen molar-refractivity contribution in [2.75, 3.05) is 17.1 Å². The van der Waals surface area contributed by atoms with Gasteiger partial charge in [0, 0.05) is 27.1 Å². The molecule has 2 atom stereocenters. The summed E-state index contributed by atoms with van der Waals surface area (Å²) in [5.41, 5.74) is 2.10. The molecule has 2 amide bonds. The van der Waals surface area contributed by atoms with E-state index in [1.807, 2.05) is 68.4 Å². The first kappa shape index (κ1) is 31.1. The summed E-state index contributed by atoms with van der Waals surface area (Å²) in [6.07, 6.45) is 2.10. The summed E-state index contributed by atoms with van der Waals surface area (Å²) < 4.78 is 28.6. The molecule has 3 rings (SSSR count). The number of sulfonamides is 1. The molecule has 3 aromatic rings. The summed E-state index contributed by atoms with van der Waals surface area (Å²) in [5.74, 6) is -0.749. The Morgan fingerprint density at radius 2 is 1.56 bits per heavy atom. The second-order valence-electron chi connectivity index (χ2n) is 9.42. The second kappa shape index (κ2) is 14.3. The van der Waals surface area contributed by atoms with Crippen LogP contribution in [0, 0.1) is 3.57 Å². The molecule has 0 saturated heterocycles. The molecule has 7 nitrogen and oxygen atoms in total. The number of hydrogen-bond donors (Lipinski definition) is 1. The van der Waals surface area contributed by atoms with Crippen LogP contribution in [0.4, 0.5) is 5.69 Å². The maximum Gasteiger partial charge on any atom is 0.244 e. The van der Waals surface area contributed by atoms with Crippen molar-refractivity contribution in [2.24, 2.45) is 0 Å². The molecular weight excluding hydrogens is 693 g/mol. The molecule has 208 valence electrons. The Balaban J connectivity index is 2.04. The fraction of sp³-hybridized carbons (Fsp3) is 0.310. The van der Waals surface area contributed by atoms with Gasteiger partial charge in [-0.15, -0.1) is 0 Å². The van der Waals surface area contributed by atoms with E-state index in [1.54, 1.807) is 24.3 Å². The van der Waals surface area contributed by atoms with E-state index in [9.17, 15) is 18.0 Å². The zero-order chi connectivity index (χ0) is 28.6. The number of halogens is 2. The highest BCUT2D eigenvalue weighted by atomic mass is 127. The number of carbonyl (C=O) groups is 2.